The summed E-state index contributed by atoms with van der Waals surface area (Å²) in [5.74, 6) is 0.759. The molecular formula is C15H13N3O2S2. The summed E-state index contributed by atoms with van der Waals surface area (Å²) in [5.41, 5.74) is 0.989. The minimum atomic E-state index is -0.110. The molecule has 7 heteroatoms. The van der Waals surface area contributed by atoms with Crippen molar-refractivity contribution in [2.75, 3.05) is 7.05 Å². The average Bonchev–Trinajstić information content (AvgIpc) is 3.24. The lowest BCUT2D eigenvalue weighted by Gasteiger charge is -2.22. The van der Waals surface area contributed by atoms with E-state index in [1.807, 2.05) is 41.1 Å². The minimum Gasteiger partial charge on any atom is -0.467 e. The summed E-state index contributed by atoms with van der Waals surface area (Å²) >= 11 is 3.02. The van der Waals surface area contributed by atoms with Crippen molar-refractivity contribution < 1.29 is 9.21 Å². The van der Waals surface area contributed by atoms with Gasteiger partial charge in [-0.1, -0.05) is 0 Å². The topological polar surface area (TPSA) is 50.8 Å². The molecule has 4 rings (SSSR count). The van der Waals surface area contributed by atoms with E-state index >= 15 is 0 Å². The van der Waals surface area contributed by atoms with Crippen molar-refractivity contribution in [3.63, 3.8) is 0 Å². The van der Waals surface area contributed by atoms with Gasteiger partial charge in [0.05, 0.1) is 22.7 Å². The number of fused-ring (bicyclic) bond motifs is 3. The molecule has 0 radical (unpaired) electrons. The zero-order chi connectivity index (χ0) is 15.3. The molecule has 0 aliphatic rings. The average molecular weight is 331 g/mol. The van der Waals surface area contributed by atoms with E-state index < -0.39 is 0 Å². The molecular weight excluding hydrogens is 318 g/mol. The summed E-state index contributed by atoms with van der Waals surface area (Å²) in [5, 5.41) is 1.99. The van der Waals surface area contributed by atoms with Crippen molar-refractivity contribution >= 4 is 43.9 Å². The number of hydrogen-bond acceptors (Lipinski definition) is 5. The Labute approximate surface area is 134 Å². The highest BCUT2D eigenvalue weighted by atomic mass is 32.1. The van der Waals surface area contributed by atoms with Crippen LogP contribution in [0.3, 0.4) is 0 Å². The van der Waals surface area contributed by atoms with Gasteiger partial charge >= 0.3 is 0 Å². The van der Waals surface area contributed by atoms with Crippen molar-refractivity contribution in [3.8, 4) is 0 Å². The molecule has 112 valence electrons. The highest BCUT2D eigenvalue weighted by molar-refractivity contribution is 7.21. The summed E-state index contributed by atoms with van der Waals surface area (Å²) < 4.78 is 7.41. The molecule has 22 heavy (non-hydrogen) atoms. The molecule has 0 saturated heterocycles. The van der Waals surface area contributed by atoms with Gasteiger partial charge in [-0.25, -0.2) is 4.98 Å². The summed E-state index contributed by atoms with van der Waals surface area (Å²) in [6.45, 7) is 1.95. The maximum atomic E-state index is 12.7. The summed E-state index contributed by atoms with van der Waals surface area (Å²) in [6, 6.07) is 5.52. The molecule has 0 saturated carbocycles. The Kier molecular flexibility index (Phi) is 3.05. The number of amides is 1. The Morgan fingerprint density at radius 1 is 1.50 bits per heavy atom. The third-order valence-corrected chi connectivity index (χ3v) is 5.57. The number of imidazole rings is 1. The predicted molar refractivity (Wildman–Crippen MR) is 87.7 cm³/mol. The van der Waals surface area contributed by atoms with Gasteiger partial charge < -0.3 is 9.32 Å². The van der Waals surface area contributed by atoms with Crippen LogP contribution < -0.4 is 0 Å². The van der Waals surface area contributed by atoms with E-state index in [1.54, 1.807) is 29.5 Å². The van der Waals surface area contributed by atoms with Crippen LogP contribution in [0.5, 0.6) is 0 Å². The fraction of sp³-hybridized carbons (Fsp3) is 0.200. The molecule has 0 fully saturated rings. The van der Waals surface area contributed by atoms with E-state index in [-0.39, 0.29) is 11.9 Å². The minimum absolute atomic E-state index is 0.0177. The van der Waals surface area contributed by atoms with E-state index in [9.17, 15) is 4.79 Å². The zero-order valence-electron chi connectivity index (χ0n) is 12.0. The van der Waals surface area contributed by atoms with E-state index in [1.165, 1.54) is 11.3 Å². The fourth-order valence-electron chi connectivity index (χ4n) is 2.42. The highest BCUT2D eigenvalue weighted by Crippen LogP contribution is 2.30. The number of hydrogen-bond donors (Lipinski definition) is 0. The van der Waals surface area contributed by atoms with Gasteiger partial charge in [0.2, 0.25) is 0 Å². The van der Waals surface area contributed by atoms with E-state index in [2.05, 4.69) is 4.98 Å². The largest absolute Gasteiger partial charge is 0.467 e. The Morgan fingerprint density at radius 2 is 2.36 bits per heavy atom. The lowest BCUT2D eigenvalue weighted by Crippen LogP contribution is -2.28. The van der Waals surface area contributed by atoms with E-state index in [0.717, 1.165) is 21.1 Å². The third kappa shape index (κ3) is 1.97. The summed E-state index contributed by atoms with van der Waals surface area (Å²) in [7, 11) is 1.79. The first-order chi connectivity index (χ1) is 10.6. The highest BCUT2D eigenvalue weighted by Gasteiger charge is 2.23. The quantitative estimate of drug-likeness (QED) is 0.569. The lowest BCUT2D eigenvalue weighted by atomic mass is 10.2. The number of nitrogens with zero attached hydrogens (tertiary/aromatic N) is 3. The second-order valence-electron chi connectivity index (χ2n) is 5.08. The van der Waals surface area contributed by atoms with Crippen molar-refractivity contribution in [1.82, 2.24) is 14.3 Å². The van der Waals surface area contributed by atoms with Gasteiger partial charge in [-0.3, -0.25) is 9.20 Å². The normalized spacial score (nSPS) is 13.0. The van der Waals surface area contributed by atoms with Crippen LogP contribution >= 0.6 is 22.7 Å². The van der Waals surface area contributed by atoms with E-state index in [0.29, 0.717) is 4.88 Å². The van der Waals surface area contributed by atoms with E-state index in [4.69, 9.17) is 4.42 Å². The first-order valence-corrected chi connectivity index (χ1v) is 8.50. The van der Waals surface area contributed by atoms with Gasteiger partial charge in [0.25, 0.3) is 5.91 Å². The number of carbonyl (C=O) groups is 1. The van der Waals surface area contributed by atoms with Crippen LogP contribution in [-0.2, 0) is 0 Å². The Hall–Kier alpha value is -2.12. The maximum absolute atomic E-state index is 12.7. The molecule has 1 unspecified atom stereocenters. The third-order valence-electron chi connectivity index (χ3n) is 3.81. The monoisotopic (exact) mass is 331 g/mol. The van der Waals surface area contributed by atoms with Gasteiger partial charge in [-0.05, 0) is 25.1 Å². The molecule has 0 aromatic carbocycles. The van der Waals surface area contributed by atoms with Crippen molar-refractivity contribution in [2.24, 2.45) is 0 Å². The zero-order valence-corrected chi connectivity index (χ0v) is 13.6. The standard InChI is InChI=1S/C15H13N3O2S2/c1-9(11-4-3-6-20-11)17(2)14(19)12-8-10-13(22-12)16-15-18(10)5-7-21-15/h3-9H,1-2H3. The smallest absolute Gasteiger partial charge is 0.264 e. The van der Waals surface area contributed by atoms with Crippen LogP contribution in [0, 0.1) is 0 Å². The van der Waals surface area contributed by atoms with Gasteiger partial charge in [0.15, 0.2) is 4.96 Å². The number of carbonyl (C=O) groups excluding carboxylic acids is 1. The molecule has 4 aromatic heterocycles. The molecule has 0 spiro atoms. The van der Waals surface area contributed by atoms with Gasteiger partial charge in [-0.15, -0.1) is 22.7 Å². The predicted octanol–water partition coefficient (Wildman–Crippen LogP) is 4.04. The molecule has 1 amide bonds. The van der Waals surface area contributed by atoms with Crippen molar-refractivity contribution in [1.29, 1.82) is 0 Å². The molecule has 0 aliphatic carbocycles. The fourth-order valence-corrected chi connectivity index (χ4v) is 4.21. The number of thiophene rings is 1. The van der Waals surface area contributed by atoms with Crippen LogP contribution in [0.1, 0.15) is 28.4 Å². The first kappa shape index (κ1) is 13.5. The van der Waals surface area contributed by atoms with Crippen molar-refractivity contribution in [3.05, 3.63) is 46.7 Å². The van der Waals surface area contributed by atoms with Gasteiger partial charge in [-0.2, -0.15) is 0 Å². The van der Waals surface area contributed by atoms with Crippen molar-refractivity contribution in [2.45, 2.75) is 13.0 Å². The molecule has 0 N–H and O–H groups in total. The van der Waals surface area contributed by atoms with Gasteiger partial charge in [0.1, 0.15) is 10.6 Å². The van der Waals surface area contributed by atoms with Crippen LogP contribution in [0.15, 0.2) is 40.5 Å². The number of aromatic nitrogens is 2. The molecule has 0 bridgehead atoms. The van der Waals surface area contributed by atoms with Crippen LogP contribution in [-0.4, -0.2) is 27.2 Å². The lowest BCUT2D eigenvalue weighted by molar-refractivity contribution is 0.0731. The van der Waals surface area contributed by atoms with Crippen LogP contribution in [0.4, 0.5) is 0 Å². The Balaban J connectivity index is 1.68. The van der Waals surface area contributed by atoms with Gasteiger partial charge in [0, 0.05) is 18.6 Å². The molecule has 4 aromatic rings. The first-order valence-electron chi connectivity index (χ1n) is 6.81. The molecule has 4 heterocycles. The number of thiazole rings is 1. The van der Waals surface area contributed by atoms with Crippen LogP contribution in [0.25, 0.3) is 15.3 Å². The molecule has 1 atom stereocenters. The summed E-state index contributed by atoms with van der Waals surface area (Å²) in [4.78, 5) is 21.5. The Bertz CT molecular complexity index is 948. The second kappa shape index (κ2) is 4.96. The summed E-state index contributed by atoms with van der Waals surface area (Å²) in [6.07, 6.45) is 3.60. The number of furan rings is 1. The Morgan fingerprint density at radius 3 is 3.14 bits per heavy atom. The molecule has 0 aliphatic heterocycles. The number of rotatable bonds is 3. The molecule has 5 nitrogen and oxygen atoms in total. The van der Waals surface area contributed by atoms with Crippen LogP contribution in [0.2, 0.25) is 0 Å². The maximum Gasteiger partial charge on any atom is 0.264 e. The SMILES string of the molecule is CC(c1ccco1)N(C)C(=O)c1cc2c(nc3sccn32)s1. The second-order valence-corrected chi connectivity index (χ2v) is 6.98.